The monoisotopic (exact) mass is 258 g/mol. The average Bonchev–Trinajstić information content (AvgIpc) is 2.28. The third-order valence-electron chi connectivity index (χ3n) is 2.39. The molecule has 6 heteroatoms. The van der Waals surface area contributed by atoms with Crippen molar-refractivity contribution >= 4 is 5.91 Å². The highest BCUT2D eigenvalue weighted by Gasteiger charge is 2.20. The molecule has 1 amide bonds. The lowest BCUT2D eigenvalue weighted by molar-refractivity contribution is -0.124. The maximum atomic E-state index is 13.6. The highest BCUT2D eigenvalue weighted by molar-refractivity contribution is 5.79. The van der Waals surface area contributed by atoms with Gasteiger partial charge in [0.1, 0.15) is 0 Å². The first kappa shape index (κ1) is 14.4. The van der Waals surface area contributed by atoms with Gasteiger partial charge in [0, 0.05) is 6.54 Å². The van der Waals surface area contributed by atoms with Crippen LogP contribution in [0.15, 0.2) is 12.1 Å². The molecule has 1 rings (SSSR count). The number of hydrogen-bond donors (Lipinski definition) is 2. The molecule has 0 fully saturated rings. The van der Waals surface area contributed by atoms with Gasteiger partial charge >= 0.3 is 0 Å². The van der Waals surface area contributed by atoms with Gasteiger partial charge in [0.25, 0.3) is 5.91 Å². The fourth-order valence-electron chi connectivity index (χ4n) is 1.52. The molecular formula is C12H16F2N2O2. The molecule has 0 saturated carbocycles. The highest BCUT2D eigenvalue weighted by Crippen LogP contribution is 2.25. The minimum atomic E-state index is -1.04. The zero-order valence-electron chi connectivity index (χ0n) is 10.3. The van der Waals surface area contributed by atoms with Gasteiger partial charge in [-0.2, -0.15) is 0 Å². The summed E-state index contributed by atoms with van der Waals surface area (Å²) in [5, 5.41) is 2.78. The first-order valence-corrected chi connectivity index (χ1v) is 5.58. The first-order chi connectivity index (χ1) is 8.49. The SMILES string of the molecule is CCC(Oc1c(F)cc(CNC)cc1F)C(N)=O. The van der Waals surface area contributed by atoms with E-state index < -0.39 is 29.4 Å². The van der Waals surface area contributed by atoms with Gasteiger partial charge in [0.2, 0.25) is 0 Å². The lowest BCUT2D eigenvalue weighted by atomic mass is 10.2. The summed E-state index contributed by atoms with van der Waals surface area (Å²) in [4.78, 5) is 11.0. The molecule has 100 valence electrons. The molecule has 4 nitrogen and oxygen atoms in total. The summed E-state index contributed by atoms with van der Waals surface area (Å²) >= 11 is 0. The average molecular weight is 258 g/mol. The van der Waals surface area contributed by atoms with E-state index in [-0.39, 0.29) is 6.42 Å². The summed E-state index contributed by atoms with van der Waals surface area (Å²) in [6.45, 7) is 1.97. The highest BCUT2D eigenvalue weighted by atomic mass is 19.1. The van der Waals surface area contributed by atoms with Crippen LogP contribution in [0.4, 0.5) is 8.78 Å². The number of nitrogens with one attached hydrogen (secondary N) is 1. The van der Waals surface area contributed by atoms with Crippen LogP contribution in [0.5, 0.6) is 5.75 Å². The van der Waals surface area contributed by atoms with Gasteiger partial charge in [0.15, 0.2) is 23.5 Å². The molecule has 1 aromatic rings. The Kier molecular flexibility index (Phi) is 5.03. The molecule has 0 aromatic heterocycles. The predicted octanol–water partition coefficient (Wildman–Crippen LogP) is 1.33. The number of amides is 1. The van der Waals surface area contributed by atoms with Gasteiger partial charge in [-0.1, -0.05) is 6.92 Å². The van der Waals surface area contributed by atoms with Gasteiger partial charge < -0.3 is 15.8 Å². The second-order valence-electron chi connectivity index (χ2n) is 3.84. The van der Waals surface area contributed by atoms with Crippen molar-refractivity contribution in [2.45, 2.75) is 26.0 Å². The quantitative estimate of drug-likeness (QED) is 0.809. The Bertz CT molecular complexity index is 415. The maximum Gasteiger partial charge on any atom is 0.258 e. The lowest BCUT2D eigenvalue weighted by Crippen LogP contribution is -2.33. The van der Waals surface area contributed by atoms with Crippen LogP contribution in [0.1, 0.15) is 18.9 Å². The topological polar surface area (TPSA) is 64.3 Å². The van der Waals surface area contributed by atoms with Crippen LogP contribution in [-0.4, -0.2) is 19.1 Å². The van der Waals surface area contributed by atoms with Crippen molar-refractivity contribution in [2.24, 2.45) is 5.73 Å². The smallest absolute Gasteiger partial charge is 0.258 e. The van der Waals surface area contributed by atoms with E-state index in [4.69, 9.17) is 10.5 Å². The van der Waals surface area contributed by atoms with Gasteiger partial charge in [-0.05, 0) is 31.2 Å². The zero-order chi connectivity index (χ0) is 13.7. The Morgan fingerprint density at radius 3 is 2.39 bits per heavy atom. The van der Waals surface area contributed by atoms with E-state index in [1.807, 2.05) is 0 Å². The van der Waals surface area contributed by atoms with Gasteiger partial charge in [0.05, 0.1) is 0 Å². The van der Waals surface area contributed by atoms with Crippen LogP contribution >= 0.6 is 0 Å². The van der Waals surface area contributed by atoms with E-state index in [0.29, 0.717) is 12.1 Å². The molecule has 0 aliphatic rings. The number of carbonyl (C=O) groups excluding carboxylic acids is 1. The van der Waals surface area contributed by atoms with Crippen LogP contribution in [0, 0.1) is 11.6 Å². The van der Waals surface area contributed by atoms with Gasteiger partial charge in [-0.3, -0.25) is 4.79 Å². The zero-order valence-corrected chi connectivity index (χ0v) is 10.3. The molecule has 0 aliphatic heterocycles. The number of nitrogens with two attached hydrogens (primary N) is 1. The molecule has 0 aliphatic carbocycles. The van der Waals surface area contributed by atoms with Gasteiger partial charge in [-0.15, -0.1) is 0 Å². The van der Waals surface area contributed by atoms with Crippen LogP contribution in [0.3, 0.4) is 0 Å². The summed E-state index contributed by atoms with van der Waals surface area (Å²) in [7, 11) is 1.67. The fourth-order valence-corrected chi connectivity index (χ4v) is 1.52. The molecule has 0 bridgehead atoms. The minimum Gasteiger partial charge on any atom is -0.474 e. The number of rotatable bonds is 6. The largest absolute Gasteiger partial charge is 0.474 e. The van der Waals surface area contributed by atoms with Crippen LogP contribution in [0.25, 0.3) is 0 Å². The van der Waals surface area contributed by atoms with E-state index in [1.165, 1.54) is 0 Å². The van der Waals surface area contributed by atoms with Gasteiger partial charge in [-0.25, -0.2) is 8.78 Å². The molecule has 3 N–H and O–H groups in total. The second kappa shape index (κ2) is 6.30. The number of halogens is 2. The Hall–Kier alpha value is -1.69. The minimum absolute atomic E-state index is 0.243. The van der Waals surface area contributed by atoms with E-state index >= 15 is 0 Å². The molecule has 0 saturated heterocycles. The fraction of sp³-hybridized carbons (Fsp3) is 0.417. The Morgan fingerprint density at radius 1 is 1.44 bits per heavy atom. The molecule has 0 spiro atoms. The van der Waals surface area contributed by atoms with Crippen molar-refractivity contribution < 1.29 is 18.3 Å². The summed E-state index contributed by atoms with van der Waals surface area (Å²) in [5.74, 6) is -3.02. The molecule has 0 radical (unpaired) electrons. The van der Waals surface area contributed by atoms with Crippen molar-refractivity contribution in [3.8, 4) is 5.75 Å². The maximum absolute atomic E-state index is 13.6. The van der Waals surface area contributed by atoms with Crippen LogP contribution in [-0.2, 0) is 11.3 Å². The first-order valence-electron chi connectivity index (χ1n) is 5.58. The second-order valence-corrected chi connectivity index (χ2v) is 3.84. The molecule has 1 unspecified atom stereocenters. The van der Waals surface area contributed by atoms with E-state index in [9.17, 15) is 13.6 Å². The summed E-state index contributed by atoms with van der Waals surface area (Å²) in [6, 6.07) is 2.31. The van der Waals surface area contributed by atoms with Crippen molar-refractivity contribution in [3.05, 3.63) is 29.3 Å². The molecule has 1 aromatic carbocycles. The van der Waals surface area contributed by atoms with E-state index in [2.05, 4.69) is 5.32 Å². The summed E-state index contributed by atoms with van der Waals surface area (Å²) in [6.07, 6.45) is -0.795. The Balaban J connectivity index is 2.99. The standard InChI is InChI=1S/C12H16F2N2O2/c1-3-10(12(15)17)18-11-8(13)4-7(6-16-2)5-9(11)14/h4-5,10,16H,3,6H2,1-2H3,(H2,15,17). The lowest BCUT2D eigenvalue weighted by Gasteiger charge is -2.15. The van der Waals surface area contributed by atoms with Crippen LogP contribution < -0.4 is 15.8 Å². The molecule has 1 atom stereocenters. The van der Waals surface area contributed by atoms with E-state index in [0.717, 1.165) is 12.1 Å². The Morgan fingerprint density at radius 2 is 2.00 bits per heavy atom. The third kappa shape index (κ3) is 3.40. The number of carbonyl (C=O) groups is 1. The normalized spacial score (nSPS) is 12.2. The van der Waals surface area contributed by atoms with Crippen LogP contribution in [0.2, 0.25) is 0 Å². The number of benzene rings is 1. The Labute approximate surface area is 104 Å². The van der Waals surface area contributed by atoms with Crippen molar-refractivity contribution in [1.82, 2.24) is 5.32 Å². The number of ether oxygens (including phenoxy) is 1. The van der Waals surface area contributed by atoms with Crippen molar-refractivity contribution in [3.63, 3.8) is 0 Å². The third-order valence-corrected chi connectivity index (χ3v) is 2.39. The number of hydrogen-bond acceptors (Lipinski definition) is 3. The predicted molar refractivity (Wildman–Crippen MR) is 63.0 cm³/mol. The molecule has 18 heavy (non-hydrogen) atoms. The van der Waals surface area contributed by atoms with E-state index in [1.54, 1.807) is 14.0 Å². The number of primary amides is 1. The van der Waals surface area contributed by atoms with Crippen molar-refractivity contribution in [1.29, 1.82) is 0 Å². The summed E-state index contributed by atoms with van der Waals surface area (Å²) in [5.41, 5.74) is 5.50. The van der Waals surface area contributed by atoms with Crippen molar-refractivity contribution in [2.75, 3.05) is 7.05 Å². The molecule has 0 heterocycles. The summed E-state index contributed by atoms with van der Waals surface area (Å²) < 4.78 is 32.3. The molecular weight excluding hydrogens is 242 g/mol.